The van der Waals surface area contributed by atoms with E-state index in [1.54, 1.807) is 25.2 Å². The summed E-state index contributed by atoms with van der Waals surface area (Å²) in [6, 6.07) is 4.81. The molecule has 0 unspecified atom stereocenters. The first-order valence-electron chi connectivity index (χ1n) is 6.37. The third kappa shape index (κ3) is 2.35. The summed E-state index contributed by atoms with van der Waals surface area (Å²) in [4.78, 5) is 27.8. The molecule has 0 saturated carbocycles. The highest BCUT2D eigenvalue weighted by Gasteiger charge is 2.16. The monoisotopic (exact) mass is 318 g/mol. The van der Waals surface area contributed by atoms with Gasteiger partial charge in [-0.05, 0) is 18.2 Å². The number of carboxylic acids is 1. The number of nitrogens with zero attached hydrogens (tertiary/aromatic N) is 4. The molecule has 0 aliphatic carbocycles. The molecule has 1 N–H and O–H groups in total. The summed E-state index contributed by atoms with van der Waals surface area (Å²) in [5, 5.41) is 13.9. The van der Waals surface area contributed by atoms with Crippen molar-refractivity contribution in [1.82, 2.24) is 19.3 Å². The molecular weight excluding hydrogens is 308 g/mol. The van der Waals surface area contributed by atoms with Crippen molar-refractivity contribution in [3.63, 3.8) is 0 Å². The van der Waals surface area contributed by atoms with E-state index >= 15 is 0 Å². The number of rotatable bonds is 3. The smallest absolute Gasteiger partial charge is 0.308 e. The highest BCUT2D eigenvalue weighted by atomic mass is 35.5. The molecule has 0 atom stereocenters. The first kappa shape index (κ1) is 14.3. The Bertz CT molecular complexity index is 945. The lowest BCUT2D eigenvalue weighted by Gasteiger charge is -2.09. The fourth-order valence-electron chi connectivity index (χ4n) is 2.32. The molecule has 7 nitrogen and oxygen atoms in total. The molecule has 0 fully saturated rings. The number of halogens is 1. The van der Waals surface area contributed by atoms with Crippen LogP contribution in [0, 0.1) is 0 Å². The molecule has 22 heavy (non-hydrogen) atoms. The standard InChI is InChI=1S/C14H11ClN4O3/c1-18-13(8(6-17-18)4-12(20)21)19-7-16-11-5-9(15)2-3-10(11)14(19)22/h2-3,5-7H,4H2,1H3,(H,20,21). The van der Waals surface area contributed by atoms with E-state index in [0.717, 1.165) is 0 Å². The molecule has 3 aromatic rings. The van der Waals surface area contributed by atoms with E-state index in [9.17, 15) is 9.59 Å². The Morgan fingerprint density at radius 1 is 1.41 bits per heavy atom. The van der Waals surface area contributed by atoms with Gasteiger partial charge >= 0.3 is 5.97 Å². The second-order valence-electron chi connectivity index (χ2n) is 4.77. The van der Waals surface area contributed by atoms with Gasteiger partial charge in [-0.3, -0.25) is 18.8 Å². The van der Waals surface area contributed by atoms with E-state index in [2.05, 4.69) is 10.1 Å². The maximum atomic E-state index is 12.6. The van der Waals surface area contributed by atoms with Gasteiger partial charge in [-0.15, -0.1) is 0 Å². The molecule has 2 aromatic heterocycles. The van der Waals surface area contributed by atoms with Crippen LogP contribution in [0.3, 0.4) is 0 Å². The van der Waals surface area contributed by atoms with Crippen molar-refractivity contribution in [2.75, 3.05) is 0 Å². The summed E-state index contributed by atoms with van der Waals surface area (Å²) in [5.74, 6) is -0.612. The van der Waals surface area contributed by atoms with Crippen LogP contribution >= 0.6 is 11.6 Å². The van der Waals surface area contributed by atoms with E-state index in [-0.39, 0.29) is 12.0 Å². The molecule has 0 spiro atoms. The van der Waals surface area contributed by atoms with Crippen LogP contribution in [0.4, 0.5) is 0 Å². The molecule has 2 heterocycles. The third-order valence-corrected chi connectivity index (χ3v) is 3.51. The minimum atomic E-state index is -0.997. The summed E-state index contributed by atoms with van der Waals surface area (Å²) >= 11 is 5.89. The fraction of sp³-hybridized carbons (Fsp3) is 0.143. The minimum absolute atomic E-state index is 0.228. The van der Waals surface area contributed by atoms with E-state index < -0.39 is 5.97 Å². The topological polar surface area (TPSA) is 90.0 Å². The second-order valence-corrected chi connectivity index (χ2v) is 5.21. The zero-order valence-corrected chi connectivity index (χ0v) is 12.3. The van der Waals surface area contributed by atoms with Crippen LogP contribution in [-0.4, -0.2) is 30.4 Å². The minimum Gasteiger partial charge on any atom is -0.481 e. The van der Waals surface area contributed by atoms with Crippen LogP contribution in [0.1, 0.15) is 5.56 Å². The zero-order chi connectivity index (χ0) is 15.9. The van der Waals surface area contributed by atoms with Crippen molar-refractivity contribution in [3.05, 3.63) is 51.7 Å². The van der Waals surface area contributed by atoms with Crippen molar-refractivity contribution in [2.45, 2.75) is 6.42 Å². The van der Waals surface area contributed by atoms with Gasteiger partial charge in [-0.25, -0.2) is 4.98 Å². The molecule has 0 bridgehead atoms. The fourth-order valence-corrected chi connectivity index (χ4v) is 2.49. The molecule has 0 amide bonds. The van der Waals surface area contributed by atoms with E-state index in [1.807, 2.05) is 0 Å². The van der Waals surface area contributed by atoms with Crippen molar-refractivity contribution >= 4 is 28.5 Å². The average molecular weight is 319 g/mol. The summed E-state index contributed by atoms with van der Waals surface area (Å²) in [6.07, 6.45) is 2.56. The number of hydrogen-bond donors (Lipinski definition) is 1. The maximum Gasteiger partial charge on any atom is 0.308 e. The number of benzene rings is 1. The van der Waals surface area contributed by atoms with Crippen LogP contribution in [0.5, 0.6) is 0 Å². The van der Waals surface area contributed by atoms with Crippen molar-refractivity contribution in [1.29, 1.82) is 0 Å². The van der Waals surface area contributed by atoms with Crippen molar-refractivity contribution in [3.8, 4) is 5.82 Å². The van der Waals surface area contributed by atoms with Gasteiger partial charge in [-0.1, -0.05) is 11.6 Å². The first-order valence-corrected chi connectivity index (χ1v) is 6.75. The van der Waals surface area contributed by atoms with Crippen LogP contribution in [0.2, 0.25) is 5.02 Å². The normalized spacial score (nSPS) is 11.0. The van der Waals surface area contributed by atoms with Gasteiger partial charge in [0, 0.05) is 17.6 Å². The van der Waals surface area contributed by atoms with Crippen LogP contribution < -0.4 is 5.56 Å². The molecule has 0 saturated heterocycles. The number of fused-ring (bicyclic) bond motifs is 1. The molecule has 8 heteroatoms. The van der Waals surface area contributed by atoms with E-state index in [1.165, 1.54) is 21.8 Å². The first-order chi connectivity index (χ1) is 10.5. The number of carbonyl (C=O) groups is 1. The Morgan fingerprint density at radius 2 is 2.18 bits per heavy atom. The lowest BCUT2D eigenvalue weighted by Crippen LogP contribution is -2.22. The van der Waals surface area contributed by atoms with Gasteiger partial charge in [0.25, 0.3) is 5.56 Å². The third-order valence-electron chi connectivity index (χ3n) is 3.27. The number of aromatic nitrogens is 4. The number of hydrogen-bond acceptors (Lipinski definition) is 4. The van der Waals surface area contributed by atoms with Crippen molar-refractivity contribution in [2.24, 2.45) is 7.05 Å². The predicted molar refractivity (Wildman–Crippen MR) is 80.5 cm³/mol. The Labute approximate surface area is 129 Å². The Hall–Kier alpha value is -2.67. The van der Waals surface area contributed by atoms with Crippen LogP contribution in [0.15, 0.2) is 35.5 Å². The number of aryl methyl sites for hydroxylation is 1. The van der Waals surface area contributed by atoms with Gasteiger partial charge < -0.3 is 5.11 Å². The van der Waals surface area contributed by atoms with Gasteiger partial charge in [0.05, 0.1) is 23.5 Å². The molecule has 0 aliphatic heterocycles. The van der Waals surface area contributed by atoms with Crippen LogP contribution in [0.25, 0.3) is 16.7 Å². The zero-order valence-electron chi connectivity index (χ0n) is 11.5. The van der Waals surface area contributed by atoms with Crippen molar-refractivity contribution < 1.29 is 9.90 Å². The SMILES string of the molecule is Cn1ncc(CC(=O)O)c1-n1cnc2cc(Cl)ccc2c1=O. The number of aliphatic carboxylic acids is 1. The quantitative estimate of drug-likeness (QED) is 0.788. The Morgan fingerprint density at radius 3 is 2.91 bits per heavy atom. The summed E-state index contributed by atoms with van der Waals surface area (Å²) in [6.45, 7) is 0. The van der Waals surface area contributed by atoms with Gasteiger partial charge in [0.15, 0.2) is 0 Å². The highest BCUT2D eigenvalue weighted by Crippen LogP contribution is 2.17. The molecule has 3 rings (SSSR count). The lowest BCUT2D eigenvalue weighted by molar-refractivity contribution is -0.136. The maximum absolute atomic E-state index is 12.6. The largest absolute Gasteiger partial charge is 0.481 e. The Kier molecular flexibility index (Phi) is 3.42. The van der Waals surface area contributed by atoms with Crippen LogP contribution in [-0.2, 0) is 18.3 Å². The molecule has 112 valence electrons. The summed E-state index contributed by atoms with van der Waals surface area (Å²) < 4.78 is 2.74. The molecular formula is C14H11ClN4O3. The lowest BCUT2D eigenvalue weighted by atomic mass is 10.2. The summed E-state index contributed by atoms with van der Waals surface area (Å²) in [7, 11) is 1.64. The predicted octanol–water partition coefficient (Wildman–Crippen LogP) is 1.40. The van der Waals surface area contributed by atoms with Gasteiger partial charge in [-0.2, -0.15) is 5.10 Å². The van der Waals surface area contributed by atoms with Gasteiger partial charge in [0.1, 0.15) is 12.1 Å². The molecule has 0 aliphatic rings. The second kappa shape index (κ2) is 5.27. The average Bonchev–Trinajstić information content (AvgIpc) is 2.80. The van der Waals surface area contributed by atoms with E-state index in [0.29, 0.717) is 27.3 Å². The molecule has 0 radical (unpaired) electrons. The Balaban J connectivity index is 2.25. The van der Waals surface area contributed by atoms with E-state index in [4.69, 9.17) is 16.7 Å². The number of carboxylic acid groups (broad SMARTS) is 1. The van der Waals surface area contributed by atoms with Gasteiger partial charge in [0.2, 0.25) is 0 Å². The highest BCUT2D eigenvalue weighted by molar-refractivity contribution is 6.31. The summed E-state index contributed by atoms with van der Waals surface area (Å²) in [5.41, 5.74) is 0.611. The molecule has 1 aromatic carbocycles.